The van der Waals surface area contributed by atoms with E-state index in [0.717, 1.165) is 18.7 Å². The number of aromatic amines is 1. The van der Waals surface area contributed by atoms with Crippen LogP contribution < -0.4 is 16.2 Å². The molecule has 2 atom stereocenters. The largest absolute Gasteiger partial charge is 0.366 e. The number of rotatable bonds is 2. The van der Waals surface area contributed by atoms with E-state index in [1.165, 1.54) is 19.2 Å². The number of nitrogens with zero attached hydrogens (tertiary/aromatic N) is 1. The Morgan fingerprint density at radius 1 is 1.35 bits per heavy atom. The van der Waals surface area contributed by atoms with Crippen molar-refractivity contribution >= 4 is 28.4 Å². The zero-order valence-electron chi connectivity index (χ0n) is 9.37. The molecule has 0 saturated carbocycles. The summed E-state index contributed by atoms with van der Waals surface area (Å²) < 4.78 is 0.649. The Labute approximate surface area is 113 Å². The summed E-state index contributed by atoms with van der Waals surface area (Å²) in [7, 11) is 0. The quantitative estimate of drug-likeness (QED) is 0.701. The van der Waals surface area contributed by atoms with Crippen LogP contribution in [0.1, 0.15) is 25.7 Å². The second-order valence-electron chi connectivity index (χ2n) is 4.84. The van der Waals surface area contributed by atoms with Crippen molar-refractivity contribution in [3.8, 4) is 0 Å². The number of hydrogen-bond donors (Lipinski definition) is 3. The fourth-order valence-electron chi connectivity index (χ4n) is 2.85. The lowest BCUT2D eigenvalue weighted by molar-refractivity contribution is 0.377. The van der Waals surface area contributed by atoms with Gasteiger partial charge in [-0.2, -0.15) is 0 Å². The van der Waals surface area contributed by atoms with Crippen molar-refractivity contribution in [2.24, 2.45) is 0 Å². The molecule has 3 N–H and O–H groups in total. The zero-order valence-corrected chi connectivity index (χ0v) is 11.5. The summed E-state index contributed by atoms with van der Waals surface area (Å²) in [6.45, 7) is 0. The SMILES string of the molecule is O=c1[nH]cnc(NC2CC3CCC(C2)N3)c1I. The molecule has 5 nitrogen and oxygen atoms in total. The van der Waals surface area contributed by atoms with Crippen LogP contribution in [0.4, 0.5) is 5.82 Å². The molecule has 0 aliphatic carbocycles. The van der Waals surface area contributed by atoms with E-state index in [1.807, 2.05) is 22.6 Å². The number of aromatic nitrogens is 2. The Balaban J connectivity index is 1.75. The normalized spacial score (nSPS) is 31.5. The monoisotopic (exact) mass is 346 g/mol. The molecule has 0 radical (unpaired) electrons. The highest BCUT2D eigenvalue weighted by Gasteiger charge is 2.33. The average Bonchev–Trinajstić information content (AvgIpc) is 2.65. The molecular weight excluding hydrogens is 331 g/mol. The van der Waals surface area contributed by atoms with E-state index in [0.29, 0.717) is 21.7 Å². The Morgan fingerprint density at radius 3 is 2.76 bits per heavy atom. The minimum Gasteiger partial charge on any atom is -0.366 e. The predicted molar refractivity (Wildman–Crippen MR) is 74.2 cm³/mol. The van der Waals surface area contributed by atoms with Gasteiger partial charge in [0.1, 0.15) is 9.39 Å². The Hall–Kier alpha value is -0.630. The molecule has 0 aromatic carbocycles. The molecule has 2 fully saturated rings. The Morgan fingerprint density at radius 2 is 2.06 bits per heavy atom. The van der Waals surface area contributed by atoms with Gasteiger partial charge in [-0.25, -0.2) is 4.98 Å². The van der Waals surface area contributed by atoms with Gasteiger partial charge in [-0.1, -0.05) is 0 Å². The molecule has 2 aliphatic rings. The third kappa shape index (κ3) is 2.33. The average molecular weight is 346 g/mol. The number of halogens is 1. The number of H-pyrrole nitrogens is 1. The molecule has 2 aliphatic heterocycles. The molecular formula is C11H15IN4O. The Bertz CT molecular complexity index is 463. The molecule has 3 rings (SSSR count). The number of fused-ring (bicyclic) bond motifs is 2. The van der Waals surface area contributed by atoms with E-state index in [4.69, 9.17) is 0 Å². The van der Waals surface area contributed by atoms with E-state index < -0.39 is 0 Å². The summed E-state index contributed by atoms with van der Waals surface area (Å²) in [5.74, 6) is 0.723. The molecule has 2 bridgehead atoms. The highest BCUT2D eigenvalue weighted by Crippen LogP contribution is 2.28. The highest BCUT2D eigenvalue weighted by molar-refractivity contribution is 14.1. The lowest BCUT2D eigenvalue weighted by atomic mass is 10.00. The van der Waals surface area contributed by atoms with Crippen LogP contribution in [0.15, 0.2) is 11.1 Å². The third-order valence-electron chi connectivity index (χ3n) is 3.61. The van der Waals surface area contributed by atoms with Crippen LogP contribution in [0.25, 0.3) is 0 Å². The molecule has 0 amide bonds. The fourth-order valence-corrected chi connectivity index (χ4v) is 3.30. The maximum atomic E-state index is 11.5. The van der Waals surface area contributed by atoms with Crippen LogP contribution >= 0.6 is 22.6 Å². The van der Waals surface area contributed by atoms with E-state index in [1.54, 1.807) is 0 Å². The molecule has 6 heteroatoms. The van der Waals surface area contributed by atoms with E-state index in [2.05, 4.69) is 20.6 Å². The smallest absolute Gasteiger partial charge is 0.266 e. The standard InChI is InChI=1S/C11H15IN4O/c12-9-10(13-5-14-11(9)17)16-8-3-6-1-2-7(4-8)15-6/h5-8,15H,1-4H2,(H2,13,14,16,17). The van der Waals surface area contributed by atoms with Gasteiger partial charge in [-0.05, 0) is 48.3 Å². The van der Waals surface area contributed by atoms with Gasteiger partial charge >= 0.3 is 0 Å². The molecule has 0 spiro atoms. The minimum absolute atomic E-state index is 0.0694. The fraction of sp³-hybridized carbons (Fsp3) is 0.636. The van der Waals surface area contributed by atoms with Crippen molar-refractivity contribution in [1.29, 1.82) is 0 Å². The van der Waals surface area contributed by atoms with Crippen LogP contribution in [0.3, 0.4) is 0 Å². The third-order valence-corrected chi connectivity index (χ3v) is 4.61. The molecule has 2 saturated heterocycles. The topological polar surface area (TPSA) is 69.8 Å². The molecule has 3 heterocycles. The molecule has 92 valence electrons. The molecule has 1 aromatic heterocycles. The number of hydrogen-bond acceptors (Lipinski definition) is 4. The number of anilines is 1. The van der Waals surface area contributed by atoms with Gasteiger partial charge in [-0.3, -0.25) is 4.79 Å². The van der Waals surface area contributed by atoms with Crippen molar-refractivity contribution < 1.29 is 0 Å². The van der Waals surface area contributed by atoms with E-state index in [9.17, 15) is 4.79 Å². The summed E-state index contributed by atoms with van der Waals surface area (Å²) in [6, 6.07) is 1.73. The summed E-state index contributed by atoms with van der Waals surface area (Å²) in [5.41, 5.74) is -0.0694. The van der Waals surface area contributed by atoms with Gasteiger partial charge in [0, 0.05) is 18.1 Å². The van der Waals surface area contributed by atoms with Crippen LogP contribution in [0.2, 0.25) is 0 Å². The second kappa shape index (κ2) is 4.56. The van der Waals surface area contributed by atoms with Crippen molar-refractivity contribution in [3.63, 3.8) is 0 Å². The van der Waals surface area contributed by atoms with Crippen LogP contribution in [-0.2, 0) is 0 Å². The van der Waals surface area contributed by atoms with Gasteiger partial charge < -0.3 is 15.6 Å². The van der Waals surface area contributed by atoms with Gasteiger partial charge in [0.2, 0.25) is 0 Å². The van der Waals surface area contributed by atoms with Crippen LogP contribution in [0.5, 0.6) is 0 Å². The van der Waals surface area contributed by atoms with Gasteiger partial charge in [0.15, 0.2) is 0 Å². The lowest BCUT2D eigenvalue weighted by Crippen LogP contribution is -2.43. The summed E-state index contributed by atoms with van der Waals surface area (Å²) in [6.07, 6.45) is 6.27. The lowest BCUT2D eigenvalue weighted by Gasteiger charge is -2.30. The van der Waals surface area contributed by atoms with Crippen LogP contribution in [-0.4, -0.2) is 28.1 Å². The number of piperidine rings is 1. The van der Waals surface area contributed by atoms with Crippen molar-refractivity contribution in [2.75, 3.05) is 5.32 Å². The van der Waals surface area contributed by atoms with Gasteiger partial charge in [0.25, 0.3) is 5.56 Å². The maximum absolute atomic E-state index is 11.5. The zero-order chi connectivity index (χ0) is 11.8. The first-order valence-corrected chi connectivity index (χ1v) is 7.06. The van der Waals surface area contributed by atoms with E-state index >= 15 is 0 Å². The second-order valence-corrected chi connectivity index (χ2v) is 5.92. The first-order valence-electron chi connectivity index (χ1n) is 5.98. The van der Waals surface area contributed by atoms with Crippen molar-refractivity contribution in [1.82, 2.24) is 15.3 Å². The van der Waals surface area contributed by atoms with Crippen molar-refractivity contribution in [3.05, 3.63) is 20.3 Å². The van der Waals surface area contributed by atoms with E-state index in [-0.39, 0.29) is 5.56 Å². The maximum Gasteiger partial charge on any atom is 0.266 e. The van der Waals surface area contributed by atoms with Gasteiger partial charge in [0.05, 0.1) is 6.33 Å². The summed E-state index contributed by atoms with van der Waals surface area (Å²) >= 11 is 2.04. The molecule has 2 unspecified atom stereocenters. The number of nitrogens with one attached hydrogen (secondary N) is 3. The predicted octanol–water partition coefficient (Wildman–Crippen LogP) is 1.07. The van der Waals surface area contributed by atoms with Crippen LogP contribution in [0, 0.1) is 3.57 Å². The van der Waals surface area contributed by atoms with Crippen molar-refractivity contribution in [2.45, 2.75) is 43.8 Å². The summed E-state index contributed by atoms with van der Waals surface area (Å²) in [4.78, 5) is 18.3. The molecule has 17 heavy (non-hydrogen) atoms. The molecule has 1 aromatic rings. The Kier molecular flexibility index (Phi) is 3.08. The van der Waals surface area contributed by atoms with Gasteiger partial charge in [-0.15, -0.1) is 0 Å². The first kappa shape index (κ1) is 11.5. The first-order chi connectivity index (χ1) is 8.22. The minimum atomic E-state index is -0.0694. The summed E-state index contributed by atoms with van der Waals surface area (Å²) in [5, 5.41) is 7.01. The highest BCUT2D eigenvalue weighted by atomic mass is 127.